The van der Waals surface area contributed by atoms with Crippen LogP contribution in [0.3, 0.4) is 0 Å². The van der Waals surface area contributed by atoms with Gasteiger partial charge < -0.3 is 5.73 Å². The number of hydrogen-bond acceptors (Lipinski definition) is 3. The summed E-state index contributed by atoms with van der Waals surface area (Å²) in [6, 6.07) is 1.70. The topological polar surface area (TPSA) is 62.8 Å². The van der Waals surface area contributed by atoms with Gasteiger partial charge in [0.2, 0.25) is 0 Å². The maximum Gasteiger partial charge on any atom is 0.417 e. The quantitative estimate of drug-likeness (QED) is 0.388. The lowest BCUT2D eigenvalue weighted by Crippen LogP contribution is -2.37. The zero-order chi connectivity index (χ0) is 15.6. The number of pyridine rings is 1. The Balaban J connectivity index is 2.73. The van der Waals surface area contributed by atoms with Crippen molar-refractivity contribution in [2.75, 3.05) is 5.75 Å². The van der Waals surface area contributed by atoms with Gasteiger partial charge in [0.15, 0.2) is 0 Å². The molecule has 0 aromatic carbocycles. The van der Waals surface area contributed by atoms with E-state index in [1.165, 1.54) is 0 Å². The Labute approximate surface area is 114 Å². The zero-order valence-corrected chi connectivity index (χ0v) is 10.5. The number of nitrogens with zero attached hydrogens (tertiary/aromatic N) is 1. The molecular weight excluding hydrogens is 308 g/mol. The maximum absolute atomic E-state index is 12.5. The Morgan fingerprint density at radius 1 is 1.25 bits per heavy atom. The van der Waals surface area contributed by atoms with E-state index in [9.17, 15) is 26.3 Å². The van der Waals surface area contributed by atoms with Crippen molar-refractivity contribution in [2.45, 2.75) is 17.4 Å². The van der Waals surface area contributed by atoms with Crippen LogP contribution in [-0.2, 0) is 6.18 Å². The van der Waals surface area contributed by atoms with Crippen LogP contribution in [0.5, 0.6) is 0 Å². The van der Waals surface area contributed by atoms with Crippen molar-refractivity contribution < 1.29 is 26.3 Å². The summed E-state index contributed by atoms with van der Waals surface area (Å²) in [5, 5.41) is 6.86. The van der Waals surface area contributed by atoms with E-state index in [-0.39, 0.29) is 5.03 Å². The van der Waals surface area contributed by atoms with Crippen LogP contribution in [0.4, 0.5) is 26.3 Å². The van der Waals surface area contributed by atoms with Gasteiger partial charge in [-0.25, -0.2) is 4.98 Å². The van der Waals surface area contributed by atoms with Gasteiger partial charge in [-0.05, 0) is 12.1 Å². The largest absolute Gasteiger partial charge is 0.417 e. The molecule has 0 fully saturated rings. The lowest BCUT2D eigenvalue weighted by molar-refractivity contribution is -0.150. The number of aromatic nitrogens is 1. The Hall–Kier alpha value is -1.45. The molecule has 1 aromatic heterocycles. The van der Waals surface area contributed by atoms with Crippen LogP contribution in [-0.4, -0.2) is 22.7 Å². The first-order valence-corrected chi connectivity index (χ1v) is 6.07. The number of halogens is 6. The monoisotopic (exact) mass is 317 g/mol. The van der Waals surface area contributed by atoms with Crippen LogP contribution in [0, 0.1) is 11.3 Å². The van der Waals surface area contributed by atoms with Gasteiger partial charge in [-0.15, -0.1) is 11.8 Å². The Morgan fingerprint density at radius 2 is 1.85 bits per heavy atom. The van der Waals surface area contributed by atoms with Crippen LogP contribution in [0.25, 0.3) is 0 Å². The number of rotatable bonds is 4. The van der Waals surface area contributed by atoms with Gasteiger partial charge in [0, 0.05) is 11.9 Å². The van der Waals surface area contributed by atoms with Crippen molar-refractivity contribution in [1.29, 1.82) is 5.41 Å². The summed E-state index contributed by atoms with van der Waals surface area (Å²) in [6.07, 6.45) is -8.69. The van der Waals surface area contributed by atoms with Gasteiger partial charge in [-0.2, -0.15) is 26.3 Å². The van der Waals surface area contributed by atoms with Gasteiger partial charge in [-0.1, -0.05) is 0 Å². The van der Waals surface area contributed by atoms with E-state index < -0.39 is 35.4 Å². The van der Waals surface area contributed by atoms with Crippen molar-refractivity contribution in [3.63, 3.8) is 0 Å². The standard InChI is InChI=1S/C10H9F6N3S/c11-9(12,13)5-1-2-7(19-3-5)20-4-6(8(17)18)10(14,15)16/h1-3,6H,4H2,(H3,17,18). The second-order valence-electron chi connectivity index (χ2n) is 3.74. The molecular formula is C10H9F6N3S. The molecule has 3 N–H and O–H groups in total. The van der Waals surface area contributed by atoms with Gasteiger partial charge in [0.05, 0.1) is 10.6 Å². The highest BCUT2D eigenvalue weighted by Gasteiger charge is 2.41. The molecule has 1 heterocycles. The van der Waals surface area contributed by atoms with E-state index in [2.05, 4.69) is 4.98 Å². The van der Waals surface area contributed by atoms with E-state index in [1.807, 2.05) is 0 Å². The highest BCUT2D eigenvalue weighted by molar-refractivity contribution is 7.99. The molecule has 10 heteroatoms. The number of alkyl halides is 6. The maximum atomic E-state index is 12.5. The van der Waals surface area contributed by atoms with Crippen molar-refractivity contribution >= 4 is 17.6 Å². The van der Waals surface area contributed by atoms with Gasteiger partial charge >= 0.3 is 12.4 Å². The first-order valence-electron chi connectivity index (χ1n) is 5.08. The molecule has 0 spiro atoms. The van der Waals surface area contributed by atoms with Gasteiger partial charge in [-0.3, -0.25) is 5.41 Å². The van der Waals surface area contributed by atoms with Crippen molar-refractivity contribution in [3.8, 4) is 0 Å². The second kappa shape index (κ2) is 5.90. The average Bonchev–Trinajstić information content (AvgIpc) is 2.26. The van der Waals surface area contributed by atoms with Gasteiger partial charge in [0.1, 0.15) is 11.8 Å². The second-order valence-corrected chi connectivity index (χ2v) is 4.78. The predicted octanol–water partition coefficient (Wildman–Crippen LogP) is 3.31. The van der Waals surface area contributed by atoms with E-state index in [1.54, 1.807) is 0 Å². The fourth-order valence-electron chi connectivity index (χ4n) is 1.16. The molecule has 20 heavy (non-hydrogen) atoms. The van der Waals surface area contributed by atoms with Gasteiger partial charge in [0.25, 0.3) is 0 Å². The summed E-state index contributed by atoms with van der Waals surface area (Å²) >= 11 is 0.584. The van der Waals surface area contributed by atoms with E-state index in [0.29, 0.717) is 18.0 Å². The van der Waals surface area contributed by atoms with Crippen LogP contribution < -0.4 is 5.73 Å². The number of hydrogen-bond donors (Lipinski definition) is 2. The first kappa shape index (κ1) is 16.6. The zero-order valence-electron chi connectivity index (χ0n) is 9.72. The molecule has 1 aromatic rings. The normalized spacial score (nSPS) is 14.1. The minimum atomic E-state index is -4.68. The van der Waals surface area contributed by atoms with E-state index in [4.69, 9.17) is 11.1 Å². The fourth-order valence-corrected chi connectivity index (χ4v) is 2.16. The summed E-state index contributed by atoms with van der Waals surface area (Å²) < 4.78 is 74.2. The fraction of sp³-hybridized carbons (Fsp3) is 0.400. The third kappa shape index (κ3) is 4.58. The van der Waals surface area contributed by atoms with Crippen LogP contribution in [0.15, 0.2) is 23.4 Å². The van der Waals surface area contributed by atoms with Crippen molar-refractivity contribution in [2.24, 2.45) is 11.7 Å². The number of nitrogens with two attached hydrogens (primary N) is 1. The molecule has 1 rings (SSSR count). The molecule has 3 nitrogen and oxygen atoms in total. The first-order chi connectivity index (χ1) is 9.01. The van der Waals surface area contributed by atoms with Crippen molar-refractivity contribution in [3.05, 3.63) is 23.9 Å². The van der Waals surface area contributed by atoms with Crippen LogP contribution in [0.2, 0.25) is 0 Å². The Morgan fingerprint density at radius 3 is 2.20 bits per heavy atom. The van der Waals surface area contributed by atoms with E-state index >= 15 is 0 Å². The number of amidine groups is 1. The highest BCUT2D eigenvalue weighted by Crippen LogP contribution is 2.32. The molecule has 1 unspecified atom stereocenters. The lowest BCUT2D eigenvalue weighted by Gasteiger charge is -2.18. The smallest absolute Gasteiger partial charge is 0.387 e. The average molecular weight is 317 g/mol. The van der Waals surface area contributed by atoms with Crippen molar-refractivity contribution in [1.82, 2.24) is 4.98 Å². The Kier molecular flexibility index (Phi) is 4.90. The summed E-state index contributed by atoms with van der Waals surface area (Å²) in [7, 11) is 0. The molecule has 0 bridgehead atoms. The minimum Gasteiger partial charge on any atom is -0.387 e. The third-order valence-electron chi connectivity index (χ3n) is 2.23. The molecule has 112 valence electrons. The molecule has 0 saturated carbocycles. The number of nitrogens with one attached hydrogen (secondary N) is 1. The molecule has 0 aliphatic heterocycles. The molecule has 1 atom stereocenters. The van der Waals surface area contributed by atoms with Crippen LogP contribution in [0.1, 0.15) is 5.56 Å². The van der Waals surface area contributed by atoms with E-state index in [0.717, 1.165) is 12.1 Å². The molecule has 0 saturated heterocycles. The predicted molar refractivity (Wildman–Crippen MR) is 61.4 cm³/mol. The SMILES string of the molecule is N=C(N)C(CSc1ccc(C(F)(F)F)cn1)C(F)(F)F. The highest BCUT2D eigenvalue weighted by atomic mass is 32.2. The van der Waals surface area contributed by atoms with Crippen LogP contribution >= 0.6 is 11.8 Å². The summed E-state index contributed by atoms with van der Waals surface area (Å²) in [5.74, 6) is -3.81. The molecule has 0 aliphatic carbocycles. The molecule has 0 amide bonds. The Bertz CT molecular complexity index is 467. The summed E-state index contributed by atoms with van der Waals surface area (Å²) in [6.45, 7) is 0. The summed E-state index contributed by atoms with van der Waals surface area (Å²) in [5.41, 5.74) is 3.86. The third-order valence-corrected chi connectivity index (χ3v) is 3.27. The lowest BCUT2D eigenvalue weighted by atomic mass is 10.1. The molecule has 0 aliphatic rings. The summed E-state index contributed by atoms with van der Waals surface area (Å²) in [4.78, 5) is 3.42. The minimum absolute atomic E-state index is 0.00602. The number of thioether (sulfide) groups is 1. The molecule has 0 radical (unpaired) electrons.